The second-order valence-electron chi connectivity index (χ2n) is 27.4. The number of cyclic esters (lactones) is 2. The van der Waals surface area contributed by atoms with Gasteiger partial charge in [-0.1, -0.05) is 123 Å². The molecule has 3 aliphatic heterocycles. The van der Waals surface area contributed by atoms with Gasteiger partial charge in [-0.25, -0.2) is 9.59 Å². The van der Waals surface area contributed by atoms with Crippen LogP contribution < -0.4 is 20.1 Å². The normalized spacial score (nSPS) is 21.8. The molecule has 0 unspecified atom stereocenters. The van der Waals surface area contributed by atoms with Crippen molar-refractivity contribution in [2.24, 2.45) is 11.3 Å². The molecule has 21 nitrogen and oxygen atoms in total. The van der Waals surface area contributed by atoms with E-state index in [1.54, 1.807) is 86.9 Å². The lowest BCUT2D eigenvalue weighted by Gasteiger charge is -2.36. The van der Waals surface area contributed by atoms with E-state index in [0.29, 0.717) is 72.4 Å². The highest BCUT2D eigenvalue weighted by Crippen LogP contribution is 2.34. The number of piperidine rings is 1. The molecule has 2 fully saturated rings. The minimum Gasteiger partial charge on any atom is -0.493 e. The van der Waals surface area contributed by atoms with E-state index in [-0.39, 0.29) is 101 Å². The number of carbonyl (C=O) groups is 11. The Labute approximate surface area is 586 Å². The number of ether oxygens (including phenoxy) is 4. The third-order valence-electron chi connectivity index (χ3n) is 18.8. The molecule has 3 aliphatic rings. The van der Waals surface area contributed by atoms with Crippen molar-refractivity contribution in [3.05, 3.63) is 173 Å². The molecule has 3 heterocycles. The van der Waals surface area contributed by atoms with Crippen LogP contribution in [0.25, 0.3) is 0 Å². The average molecular weight is 1370 g/mol. The summed E-state index contributed by atoms with van der Waals surface area (Å²) >= 11 is 0. The van der Waals surface area contributed by atoms with Crippen molar-refractivity contribution >= 4 is 70.4 Å². The number of nitrogens with one attached hydrogen (secondary N) is 2. The Kier molecular flexibility index (Phi) is 27.6. The van der Waals surface area contributed by atoms with Crippen LogP contribution in [0, 0.1) is 11.3 Å². The fourth-order valence-electron chi connectivity index (χ4n) is 13.0. The number of methoxy groups -OCH3 is 2. The average Bonchev–Trinajstić information content (AvgIpc) is 1.35. The minimum absolute atomic E-state index is 0.0266. The maximum Gasteiger partial charge on any atom is 0.330 e. The highest BCUT2D eigenvalue weighted by molar-refractivity contribution is 6.38. The van der Waals surface area contributed by atoms with Crippen LogP contribution in [-0.2, 0) is 87.9 Å². The van der Waals surface area contributed by atoms with Gasteiger partial charge in [-0.05, 0) is 142 Å². The van der Waals surface area contributed by atoms with Gasteiger partial charge in [0, 0.05) is 84.0 Å². The van der Waals surface area contributed by atoms with E-state index in [1.165, 1.54) is 59.8 Å². The van der Waals surface area contributed by atoms with Crippen LogP contribution in [0.3, 0.4) is 0 Å². The van der Waals surface area contributed by atoms with Gasteiger partial charge in [0.15, 0.2) is 11.5 Å². The number of amides is 6. The molecule has 2 saturated heterocycles. The largest absolute Gasteiger partial charge is 0.493 e. The van der Waals surface area contributed by atoms with Crippen molar-refractivity contribution in [3.8, 4) is 11.5 Å². The molecule has 5 aromatic rings. The molecule has 532 valence electrons. The lowest BCUT2D eigenvalue weighted by molar-refractivity contribution is -0.165. The molecular formula is C79H96N6O15. The predicted molar refractivity (Wildman–Crippen MR) is 377 cm³/mol. The summed E-state index contributed by atoms with van der Waals surface area (Å²) in [4.78, 5) is 163. The second kappa shape index (κ2) is 36.3. The van der Waals surface area contributed by atoms with Crippen LogP contribution >= 0.6 is 0 Å². The van der Waals surface area contributed by atoms with Crippen molar-refractivity contribution in [3.63, 3.8) is 0 Å². The number of fused-ring (bicyclic) bond motifs is 4. The van der Waals surface area contributed by atoms with Crippen LogP contribution in [0.15, 0.2) is 140 Å². The third kappa shape index (κ3) is 21.1. The van der Waals surface area contributed by atoms with E-state index in [1.807, 2.05) is 68.4 Å². The Morgan fingerprint density at radius 2 is 1.33 bits per heavy atom. The van der Waals surface area contributed by atoms with E-state index in [4.69, 9.17) is 18.9 Å². The van der Waals surface area contributed by atoms with Crippen molar-refractivity contribution in [2.75, 3.05) is 59.9 Å². The fourth-order valence-corrected chi connectivity index (χ4v) is 13.0. The number of hydrogen-bond acceptors (Lipinski definition) is 15. The summed E-state index contributed by atoms with van der Waals surface area (Å²) in [5, 5.41) is 5.89. The Hall–Kier alpha value is -9.79. The highest BCUT2D eigenvalue weighted by atomic mass is 16.5. The predicted octanol–water partition coefficient (Wildman–Crippen LogP) is 9.66. The molecule has 0 saturated carbocycles. The number of likely N-dealkylation sites (N-methyl/N-ethyl adjacent to an activating group) is 2. The van der Waals surface area contributed by atoms with Crippen molar-refractivity contribution < 1.29 is 71.7 Å². The number of carbonyl (C=O) groups excluding carboxylic acids is 11. The van der Waals surface area contributed by atoms with Gasteiger partial charge in [0.25, 0.3) is 5.91 Å². The van der Waals surface area contributed by atoms with E-state index in [0.717, 1.165) is 16.7 Å². The number of aryl methyl sites for hydroxylation is 2. The molecule has 100 heavy (non-hydrogen) atoms. The second-order valence-corrected chi connectivity index (χ2v) is 27.4. The number of benzene rings is 5. The molecule has 5 aromatic carbocycles. The standard InChI is InChI=1S/C79H96N6O15/c1-52(2)45-66-75(93)82(5)42-17-16-29-71(89)99-51-79(3,4)72(90)77(95)85-43-18-15-27-65(85)78(96)100-67(39-35-56-36-40-68(97-7)69(48-56)98-8)58-25-19-26-59(49-58)80-70(88)41-38-61(87)50-62(57-23-13-10-14-24-57)73(91)81-63(74(92)84-44-20-28-64(84)76(94)83(66)6)47-55-32-30-54(31-33-55)46-60(86)37-34-53-21-11-9-12-22-53/h9-14,16,19,21-26,29-33,36,40,48-49,52,62-67H,15,17-18,20,27-28,34-35,37-39,41-47,50-51H2,1-8H3,(H,80,88)(H,81,91)/t62-,63-,64+,65-,66-,67+/m0/s1. The minimum atomic E-state index is -1.52. The van der Waals surface area contributed by atoms with Gasteiger partial charge in [-0.15, -0.1) is 0 Å². The summed E-state index contributed by atoms with van der Waals surface area (Å²) in [5.74, 6) is -6.42. The summed E-state index contributed by atoms with van der Waals surface area (Å²) in [6, 6.07) is 33.5. The van der Waals surface area contributed by atoms with Gasteiger partial charge in [0.1, 0.15) is 48.4 Å². The SMILES string of the molecule is COc1ccc(CC[C@H]2OC(=O)[C@@H]3CCCCN3C(=O)C(=O)C(C)(C)COC(=O)C=CCCN(C)C(=O)[C@H](CC(C)C)N(C)C(=O)[C@H]3CCCN3C(=O)[C@H](Cc3ccc(CC(=O)CCc4ccccc4)cc3)NC(=O)[C@H](c3ccccc3)CC(=O)CCC(=O)Nc3cccc2c3)cc1OC. The lowest BCUT2D eigenvalue weighted by Crippen LogP contribution is -2.57. The van der Waals surface area contributed by atoms with E-state index < -0.39 is 101 Å². The van der Waals surface area contributed by atoms with Gasteiger partial charge in [-0.2, -0.15) is 0 Å². The molecule has 6 atom stereocenters. The molecular weight excluding hydrogens is 1270 g/mol. The highest BCUT2D eigenvalue weighted by Gasteiger charge is 2.45. The summed E-state index contributed by atoms with van der Waals surface area (Å²) < 4.78 is 22.9. The first kappa shape index (κ1) is 76.0. The third-order valence-corrected chi connectivity index (χ3v) is 18.8. The van der Waals surface area contributed by atoms with Crippen LogP contribution in [-0.4, -0.2) is 163 Å². The van der Waals surface area contributed by atoms with E-state index in [2.05, 4.69) is 10.6 Å². The molecule has 0 radical (unpaired) electrons. The zero-order valence-corrected chi connectivity index (χ0v) is 58.9. The number of hydrogen-bond donors (Lipinski definition) is 2. The monoisotopic (exact) mass is 1370 g/mol. The molecule has 8 rings (SSSR count). The molecule has 21 heteroatoms. The Morgan fingerprint density at radius 1 is 0.660 bits per heavy atom. The Bertz CT molecular complexity index is 3740. The topological polar surface area (TPSA) is 262 Å². The zero-order valence-electron chi connectivity index (χ0n) is 58.9. The van der Waals surface area contributed by atoms with Crippen LogP contribution in [0.1, 0.15) is 150 Å². The summed E-state index contributed by atoms with van der Waals surface area (Å²) in [6.45, 7) is 6.74. The first-order valence-corrected chi connectivity index (χ1v) is 34.8. The number of nitrogens with zero attached hydrogens (tertiary/aromatic N) is 4. The summed E-state index contributed by atoms with van der Waals surface area (Å²) in [6.07, 6.45) is 5.05. The van der Waals surface area contributed by atoms with Crippen LogP contribution in [0.5, 0.6) is 11.5 Å². The summed E-state index contributed by atoms with van der Waals surface area (Å²) in [7, 11) is 6.19. The molecule has 0 aromatic heterocycles. The number of rotatable bonds is 15. The molecule has 6 amide bonds. The maximum absolute atomic E-state index is 15.4. The van der Waals surface area contributed by atoms with Gasteiger partial charge in [-0.3, -0.25) is 43.2 Å². The Balaban J connectivity index is 1.09. The molecule has 2 N–H and O–H groups in total. The first-order chi connectivity index (χ1) is 47.9. The molecule has 0 spiro atoms. The van der Waals surface area contributed by atoms with Crippen molar-refractivity contribution in [1.82, 2.24) is 24.9 Å². The number of esters is 2. The van der Waals surface area contributed by atoms with Gasteiger partial charge in [0.05, 0.1) is 25.6 Å². The maximum atomic E-state index is 15.4. The quantitative estimate of drug-likeness (QED) is 0.0730. The van der Waals surface area contributed by atoms with Gasteiger partial charge in [0.2, 0.25) is 35.3 Å². The zero-order chi connectivity index (χ0) is 72.0. The molecule has 0 aliphatic carbocycles. The number of Topliss-reactive ketones (excluding diaryl/α,β-unsaturated/α-hetero) is 3. The van der Waals surface area contributed by atoms with Gasteiger partial charge >= 0.3 is 11.9 Å². The number of anilines is 1. The first-order valence-electron chi connectivity index (χ1n) is 34.8. The van der Waals surface area contributed by atoms with Crippen LogP contribution in [0.2, 0.25) is 0 Å². The van der Waals surface area contributed by atoms with Gasteiger partial charge < -0.3 is 49.2 Å². The summed E-state index contributed by atoms with van der Waals surface area (Å²) in [5.41, 5.74) is 3.09. The number of ketones is 3. The smallest absolute Gasteiger partial charge is 0.330 e. The molecule has 2 bridgehead atoms. The van der Waals surface area contributed by atoms with Crippen molar-refractivity contribution in [1.29, 1.82) is 0 Å². The van der Waals surface area contributed by atoms with Crippen LogP contribution in [0.4, 0.5) is 5.69 Å². The fraction of sp³-hybridized carbons (Fsp3) is 0.456. The van der Waals surface area contributed by atoms with E-state index in [9.17, 15) is 43.2 Å². The van der Waals surface area contributed by atoms with E-state index >= 15 is 9.59 Å². The Morgan fingerprint density at radius 3 is 2.04 bits per heavy atom. The van der Waals surface area contributed by atoms with Crippen molar-refractivity contribution in [2.45, 2.75) is 167 Å². The lowest BCUT2D eigenvalue weighted by atomic mass is 9.87.